The maximum atomic E-state index is 13.2. The SMILES string of the molecule is Cc1ccc(C2=C(Nc3ccc(C)cc3C)C(=O)N(CCOC(C)C)C2=O)cc1. The van der Waals surface area contributed by atoms with Crippen molar-refractivity contribution in [1.82, 2.24) is 4.90 Å². The Bertz CT molecular complexity index is 959. The standard InChI is InChI=1S/C24H28N2O3/c1-15(2)29-13-12-26-23(27)21(19-9-6-16(3)7-10-19)22(24(26)28)25-20-11-8-17(4)14-18(20)5/h6-11,14-15,25H,12-13H2,1-5H3. The second kappa shape index (κ2) is 8.62. The molecule has 1 aliphatic heterocycles. The number of anilines is 1. The number of hydrogen-bond donors (Lipinski definition) is 1. The van der Waals surface area contributed by atoms with Crippen LogP contribution in [0.1, 0.15) is 36.1 Å². The summed E-state index contributed by atoms with van der Waals surface area (Å²) in [6.07, 6.45) is 0.0418. The molecule has 0 bridgehead atoms. The average Bonchev–Trinajstić information content (AvgIpc) is 2.89. The van der Waals surface area contributed by atoms with Crippen molar-refractivity contribution in [3.8, 4) is 0 Å². The van der Waals surface area contributed by atoms with Gasteiger partial charge in [0.15, 0.2) is 0 Å². The number of rotatable bonds is 7. The van der Waals surface area contributed by atoms with Gasteiger partial charge in [0.25, 0.3) is 11.8 Å². The maximum absolute atomic E-state index is 13.2. The van der Waals surface area contributed by atoms with Crippen molar-refractivity contribution >= 4 is 23.1 Å². The predicted octanol–water partition coefficient (Wildman–Crippen LogP) is 4.23. The van der Waals surface area contributed by atoms with Crippen LogP contribution in [-0.4, -0.2) is 36.0 Å². The number of nitrogens with zero attached hydrogens (tertiary/aromatic N) is 1. The van der Waals surface area contributed by atoms with Crippen molar-refractivity contribution in [2.75, 3.05) is 18.5 Å². The molecule has 0 aromatic heterocycles. The highest BCUT2D eigenvalue weighted by atomic mass is 16.5. The van der Waals surface area contributed by atoms with Crippen LogP contribution in [0.4, 0.5) is 5.69 Å². The van der Waals surface area contributed by atoms with E-state index in [1.165, 1.54) is 4.90 Å². The summed E-state index contributed by atoms with van der Waals surface area (Å²) < 4.78 is 5.56. The van der Waals surface area contributed by atoms with Gasteiger partial charge in [0.1, 0.15) is 5.70 Å². The lowest BCUT2D eigenvalue weighted by molar-refractivity contribution is -0.137. The quantitative estimate of drug-likeness (QED) is 0.717. The first-order chi connectivity index (χ1) is 13.8. The zero-order chi connectivity index (χ0) is 21.1. The predicted molar refractivity (Wildman–Crippen MR) is 115 cm³/mol. The van der Waals surface area contributed by atoms with Gasteiger partial charge in [0.2, 0.25) is 0 Å². The van der Waals surface area contributed by atoms with Gasteiger partial charge in [-0.05, 0) is 51.8 Å². The van der Waals surface area contributed by atoms with Gasteiger partial charge in [-0.2, -0.15) is 0 Å². The molecule has 3 rings (SSSR count). The molecule has 152 valence electrons. The first-order valence-electron chi connectivity index (χ1n) is 9.91. The number of aryl methyl sites for hydroxylation is 3. The molecule has 0 aliphatic carbocycles. The second-order valence-electron chi connectivity index (χ2n) is 7.74. The number of carbonyl (C=O) groups is 2. The van der Waals surface area contributed by atoms with Crippen molar-refractivity contribution in [2.45, 2.75) is 40.7 Å². The number of imide groups is 1. The average molecular weight is 392 g/mol. The molecule has 0 fully saturated rings. The van der Waals surface area contributed by atoms with Gasteiger partial charge in [-0.15, -0.1) is 0 Å². The lowest BCUT2D eigenvalue weighted by Crippen LogP contribution is -2.35. The molecular weight excluding hydrogens is 364 g/mol. The molecule has 0 atom stereocenters. The van der Waals surface area contributed by atoms with E-state index in [1.807, 2.05) is 77.1 Å². The molecule has 2 aromatic rings. The van der Waals surface area contributed by atoms with Crippen molar-refractivity contribution in [2.24, 2.45) is 0 Å². The molecule has 1 N–H and O–H groups in total. The topological polar surface area (TPSA) is 58.6 Å². The third kappa shape index (κ3) is 4.57. The van der Waals surface area contributed by atoms with E-state index in [0.717, 1.165) is 27.9 Å². The summed E-state index contributed by atoms with van der Waals surface area (Å²) in [5.41, 5.74) is 5.52. The van der Waals surface area contributed by atoms with Crippen molar-refractivity contribution in [1.29, 1.82) is 0 Å². The number of benzene rings is 2. The van der Waals surface area contributed by atoms with E-state index in [-0.39, 0.29) is 24.5 Å². The molecule has 5 heteroatoms. The normalized spacial score (nSPS) is 14.3. The molecular formula is C24H28N2O3. The molecule has 0 saturated carbocycles. The lowest BCUT2D eigenvalue weighted by atomic mass is 10.0. The van der Waals surface area contributed by atoms with Crippen LogP contribution >= 0.6 is 0 Å². The minimum absolute atomic E-state index is 0.0418. The van der Waals surface area contributed by atoms with Crippen LogP contribution in [0.5, 0.6) is 0 Å². The fraction of sp³-hybridized carbons (Fsp3) is 0.333. The van der Waals surface area contributed by atoms with E-state index in [2.05, 4.69) is 5.32 Å². The Labute approximate surface area is 172 Å². The van der Waals surface area contributed by atoms with Gasteiger partial charge in [-0.3, -0.25) is 14.5 Å². The van der Waals surface area contributed by atoms with E-state index < -0.39 is 0 Å². The molecule has 2 aromatic carbocycles. The molecule has 0 radical (unpaired) electrons. The van der Waals surface area contributed by atoms with Crippen LogP contribution in [0.25, 0.3) is 5.57 Å². The van der Waals surface area contributed by atoms with E-state index in [1.54, 1.807) is 0 Å². The minimum atomic E-state index is -0.321. The van der Waals surface area contributed by atoms with Gasteiger partial charge < -0.3 is 10.1 Å². The highest BCUT2D eigenvalue weighted by Gasteiger charge is 2.39. The van der Waals surface area contributed by atoms with Crippen LogP contribution in [0.2, 0.25) is 0 Å². The molecule has 0 unspecified atom stereocenters. The van der Waals surface area contributed by atoms with E-state index in [9.17, 15) is 9.59 Å². The fourth-order valence-corrected chi connectivity index (χ4v) is 3.35. The number of nitrogens with one attached hydrogen (secondary N) is 1. The van der Waals surface area contributed by atoms with Gasteiger partial charge in [0, 0.05) is 5.69 Å². The Morgan fingerprint density at radius 3 is 2.21 bits per heavy atom. The Balaban J connectivity index is 1.98. The van der Waals surface area contributed by atoms with Crippen molar-refractivity contribution in [3.63, 3.8) is 0 Å². The van der Waals surface area contributed by atoms with Crippen LogP contribution in [0.15, 0.2) is 48.2 Å². The molecule has 1 heterocycles. The summed E-state index contributed by atoms with van der Waals surface area (Å²) in [6, 6.07) is 13.6. The van der Waals surface area contributed by atoms with Crippen LogP contribution in [-0.2, 0) is 14.3 Å². The number of amides is 2. The Kier molecular flexibility index (Phi) is 6.18. The summed E-state index contributed by atoms with van der Waals surface area (Å²) >= 11 is 0. The van der Waals surface area contributed by atoms with Crippen molar-refractivity contribution < 1.29 is 14.3 Å². The third-order valence-corrected chi connectivity index (χ3v) is 4.92. The molecule has 2 amide bonds. The first-order valence-corrected chi connectivity index (χ1v) is 9.91. The molecule has 29 heavy (non-hydrogen) atoms. The minimum Gasteiger partial charge on any atom is -0.377 e. The Morgan fingerprint density at radius 1 is 0.931 bits per heavy atom. The Hall–Kier alpha value is -2.92. The van der Waals surface area contributed by atoms with Crippen LogP contribution < -0.4 is 5.32 Å². The molecule has 1 aliphatic rings. The number of ether oxygens (including phenoxy) is 1. The Morgan fingerprint density at radius 2 is 1.59 bits per heavy atom. The zero-order valence-corrected chi connectivity index (χ0v) is 17.7. The first kappa shape index (κ1) is 20.8. The summed E-state index contributed by atoms with van der Waals surface area (Å²) in [7, 11) is 0. The van der Waals surface area contributed by atoms with Crippen LogP contribution in [0.3, 0.4) is 0 Å². The summed E-state index contributed by atoms with van der Waals surface area (Å²) in [6.45, 7) is 10.4. The monoisotopic (exact) mass is 392 g/mol. The molecule has 5 nitrogen and oxygen atoms in total. The smallest absolute Gasteiger partial charge is 0.278 e. The summed E-state index contributed by atoms with van der Waals surface area (Å²) in [5, 5.41) is 3.24. The summed E-state index contributed by atoms with van der Waals surface area (Å²) in [4.78, 5) is 27.6. The summed E-state index contributed by atoms with van der Waals surface area (Å²) in [5.74, 6) is -0.614. The van der Waals surface area contributed by atoms with Gasteiger partial charge in [0.05, 0.1) is 24.8 Å². The largest absolute Gasteiger partial charge is 0.377 e. The molecule has 0 spiro atoms. The lowest BCUT2D eigenvalue weighted by Gasteiger charge is -2.16. The van der Waals surface area contributed by atoms with E-state index >= 15 is 0 Å². The maximum Gasteiger partial charge on any atom is 0.278 e. The van der Waals surface area contributed by atoms with E-state index in [0.29, 0.717) is 17.9 Å². The number of carbonyl (C=O) groups excluding carboxylic acids is 2. The third-order valence-electron chi connectivity index (χ3n) is 4.92. The molecule has 0 saturated heterocycles. The number of hydrogen-bond acceptors (Lipinski definition) is 4. The van der Waals surface area contributed by atoms with E-state index in [4.69, 9.17) is 4.74 Å². The van der Waals surface area contributed by atoms with Gasteiger partial charge in [-0.1, -0.05) is 47.5 Å². The highest BCUT2D eigenvalue weighted by Crippen LogP contribution is 2.31. The van der Waals surface area contributed by atoms with Gasteiger partial charge >= 0.3 is 0 Å². The van der Waals surface area contributed by atoms with Crippen LogP contribution in [0, 0.1) is 20.8 Å². The van der Waals surface area contributed by atoms with Crippen molar-refractivity contribution in [3.05, 3.63) is 70.4 Å². The second-order valence-corrected chi connectivity index (χ2v) is 7.74. The fourth-order valence-electron chi connectivity index (χ4n) is 3.35. The highest BCUT2D eigenvalue weighted by molar-refractivity contribution is 6.36. The zero-order valence-electron chi connectivity index (χ0n) is 17.7. The van der Waals surface area contributed by atoms with Gasteiger partial charge in [-0.25, -0.2) is 0 Å².